The number of hydrogen-bond donors (Lipinski definition) is 2. The second-order valence-electron chi connectivity index (χ2n) is 4.71. The second-order valence-corrected chi connectivity index (χ2v) is 5.11. The van der Waals surface area contributed by atoms with Crippen molar-refractivity contribution in [2.75, 3.05) is 13.2 Å². The number of amides is 1. The maximum Gasteiger partial charge on any atom is 0.303 e. The molecule has 5 nitrogen and oxygen atoms in total. The fraction of sp³-hybridized carbons (Fsp3) is 0.467. The number of para-hydroxylation sites is 1. The minimum atomic E-state index is -0.849. The zero-order valence-electron chi connectivity index (χ0n) is 12.0. The maximum atomic E-state index is 11.7. The Kier molecular flexibility index (Phi) is 7.61. The molecule has 0 bridgehead atoms. The second kappa shape index (κ2) is 9.23. The number of benzene rings is 1. The molecular formula is C15H20ClNO4. The van der Waals surface area contributed by atoms with E-state index in [1.54, 1.807) is 24.3 Å². The average molecular weight is 314 g/mol. The Hall–Kier alpha value is -1.75. The molecule has 1 rings (SSSR count). The van der Waals surface area contributed by atoms with Crippen LogP contribution in [0, 0.1) is 5.92 Å². The Balaban J connectivity index is 2.25. The third kappa shape index (κ3) is 6.99. The molecule has 21 heavy (non-hydrogen) atoms. The molecule has 1 aromatic carbocycles. The molecule has 0 fully saturated rings. The van der Waals surface area contributed by atoms with E-state index >= 15 is 0 Å². The summed E-state index contributed by atoms with van der Waals surface area (Å²) in [6.45, 7) is 2.50. The van der Waals surface area contributed by atoms with Crippen molar-refractivity contribution < 1.29 is 19.4 Å². The zero-order valence-corrected chi connectivity index (χ0v) is 12.7. The van der Waals surface area contributed by atoms with E-state index in [1.807, 2.05) is 6.92 Å². The summed E-state index contributed by atoms with van der Waals surface area (Å²) < 4.78 is 5.42. The van der Waals surface area contributed by atoms with Crippen LogP contribution in [0.4, 0.5) is 0 Å². The number of carbonyl (C=O) groups excluding carboxylic acids is 1. The summed E-state index contributed by atoms with van der Waals surface area (Å²) in [4.78, 5) is 22.3. The minimum Gasteiger partial charge on any atom is -0.491 e. The van der Waals surface area contributed by atoms with Gasteiger partial charge < -0.3 is 15.2 Å². The molecule has 0 radical (unpaired) electrons. The highest BCUT2D eigenvalue weighted by atomic mass is 35.5. The maximum absolute atomic E-state index is 11.7. The third-order valence-corrected chi connectivity index (χ3v) is 3.36. The van der Waals surface area contributed by atoms with Gasteiger partial charge in [0.05, 0.1) is 18.1 Å². The number of carboxylic acids is 1. The summed E-state index contributed by atoms with van der Waals surface area (Å²) in [7, 11) is 0. The number of aliphatic carboxylic acids is 1. The first-order valence-electron chi connectivity index (χ1n) is 6.88. The van der Waals surface area contributed by atoms with Crippen molar-refractivity contribution in [1.29, 1.82) is 0 Å². The van der Waals surface area contributed by atoms with Crippen LogP contribution in [0.1, 0.15) is 26.2 Å². The molecule has 2 N–H and O–H groups in total. The average Bonchev–Trinajstić information content (AvgIpc) is 2.45. The Morgan fingerprint density at radius 3 is 2.71 bits per heavy atom. The first kappa shape index (κ1) is 17.3. The zero-order chi connectivity index (χ0) is 15.7. The topological polar surface area (TPSA) is 75.6 Å². The number of hydrogen-bond acceptors (Lipinski definition) is 3. The molecule has 0 heterocycles. The van der Waals surface area contributed by atoms with Gasteiger partial charge in [-0.3, -0.25) is 9.59 Å². The SMILES string of the molecule is CCC(CNC(=O)CCOc1ccccc1Cl)CC(=O)O. The van der Waals surface area contributed by atoms with E-state index in [0.29, 0.717) is 23.7 Å². The predicted octanol–water partition coefficient (Wildman–Crippen LogP) is 2.73. The van der Waals surface area contributed by atoms with E-state index in [1.165, 1.54) is 0 Å². The van der Waals surface area contributed by atoms with Crippen molar-refractivity contribution in [1.82, 2.24) is 5.32 Å². The highest BCUT2D eigenvalue weighted by molar-refractivity contribution is 6.32. The van der Waals surface area contributed by atoms with E-state index in [2.05, 4.69) is 5.32 Å². The number of nitrogens with one attached hydrogen (secondary N) is 1. The molecule has 1 atom stereocenters. The molecule has 0 aromatic heterocycles. The summed E-state index contributed by atoms with van der Waals surface area (Å²) in [6.07, 6.45) is 0.977. The Bertz CT molecular complexity index is 478. The number of rotatable bonds is 9. The molecule has 0 aliphatic rings. The first-order valence-corrected chi connectivity index (χ1v) is 7.26. The number of halogens is 1. The largest absolute Gasteiger partial charge is 0.491 e. The standard InChI is InChI=1S/C15H20ClNO4/c1-2-11(9-15(19)20)10-17-14(18)7-8-21-13-6-4-3-5-12(13)16/h3-6,11H,2,7-10H2,1H3,(H,17,18)(H,19,20). The number of ether oxygens (including phenoxy) is 1. The summed E-state index contributed by atoms with van der Waals surface area (Å²) >= 11 is 5.93. The third-order valence-electron chi connectivity index (χ3n) is 3.05. The predicted molar refractivity (Wildman–Crippen MR) is 80.6 cm³/mol. The van der Waals surface area contributed by atoms with Gasteiger partial charge >= 0.3 is 5.97 Å². The summed E-state index contributed by atoms with van der Waals surface area (Å²) in [6, 6.07) is 7.06. The van der Waals surface area contributed by atoms with Crippen molar-refractivity contribution >= 4 is 23.5 Å². The molecule has 6 heteroatoms. The first-order chi connectivity index (χ1) is 10.0. The van der Waals surface area contributed by atoms with Crippen molar-refractivity contribution in [3.63, 3.8) is 0 Å². The van der Waals surface area contributed by atoms with E-state index in [4.69, 9.17) is 21.4 Å². The van der Waals surface area contributed by atoms with Crippen LogP contribution in [-0.4, -0.2) is 30.1 Å². The van der Waals surface area contributed by atoms with Gasteiger partial charge in [0.2, 0.25) is 5.91 Å². The lowest BCUT2D eigenvalue weighted by Crippen LogP contribution is -2.31. The van der Waals surface area contributed by atoms with Gasteiger partial charge in [0.15, 0.2) is 0 Å². The van der Waals surface area contributed by atoms with Gasteiger partial charge in [0, 0.05) is 13.0 Å². The van der Waals surface area contributed by atoms with Gasteiger partial charge in [-0.15, -0.1) is 0 Å². The van der Waals surface area contributed by atoms with Gasteiger partial charge in [-0.1, -0.05) is 37.1 Å². The lowest BCUT2D eigenvalue weighted by molar-refractivity contribution is -0.138. The monoisotopic (exact) mass is 313 g/mol. The molecule has 0 spiro atoms. The van der Waals surface area contributed by atoms with Crippen molar-refractivity contribution in [2.24, 2.45) is 5.92 Å². The van der Waals surface area contributed by atoms with Crippen LogP contribution in [0.5, 0.6) is 5.75 Å². The van der Waals surface area contributed by atoms with Crippen molar-refractivity contribution in [2.45, 2.75) is 26.2 Å². The molecular weight excluding hydrogens is 294 g/mol. The van der Waals surface area contributed by atoms with E-state index < -0.39 is 5.97 Å². The van der Waals surface area contributed by atoms with Crippen LogP contribution < -0.4 is 10.1 Å². The van der Waals surface area contributed by atoms with Gasteiger partial charge in [0.1, 0.15) is 5.75 Å². The fourth-order valence-corrected chi connectivity index (χ4v) is 1.96. The van der Waals surface area contributed by atoms with E-state index in [0.717, 1.165) is 0 Å². The highest BCUT2D eigenvalue weighted by Crippen LogP contribution is 2.22. The van der Waals surface area contributed by atoms with Gasteiger partial charge in [-0.25, -0.2) is 0 Å². The molecule has 0 saturated carbocycles. The van der Waals surface area contributed by atoms with Gasteiger partial charge in [-0.2, -0.15) is 0 Å². The molecule has 1 amide bonds. The minimum absolute atomic E-state index is 0.0454. The van der Waals surface area contributed by atoms with Gasteiger partial charge in [-0.05, 0) is 18.1 Å². The lowest BCUT2D eigenvalue weighted by Gasteiger charge is -2.13. The molecule has 0 aliphatic carbocycles. The summed E-state index contributed by atoms with van der Waals surface area (Å²) in [5, 5.41) is 12.0. The van der Waals surface area contributed by atoms with Crippen LogP contribution in [-0.2, 0) is 9.59 Å². The Labute approximate surface area is 129 Å². The normalized spacial score (nSPS) is 11.7. The molecule has 1 unspecified atom stereocenters. The van der Waals surface area contributed by atoms with E-state index in [9.17, 15) is 9.59 Å². The molecule has 0 saturated heterocycles. The quantitative estimate of drug-likeness (QED) is 0.735. The summed E-state index contributed by atoms with van der Waals surface area (Å²) in [5.74, 6) is -0.510. The Morgan fingerprint density at radius 2 is 2.10 bits per heavy atom. The van der Waals surface area contributed by atoms with Crippen molar-refractivity contribution in [3.05, 3.63) is 29.3 Å². The van der Waals surface area contributed by atoms with Crippen LogP contribution in [0.2, 0.25) is 5.02 Å². The summed E-state index contributed by atoms with van der Waals surface area (Å²) in [5.41, 5.74) is 0. The molecule has 0 aliphatic heterocycles. The Morgan fingerprint density at radius 1 is 1.38 bits per heavy atom. The van der Waals surface area contributed by atoms with Crippen LogP contribution in [0.25, 0.3) is 0 Å². The van der Waals surface area contributed by atoms with Crippen LogP contribution >= 0.6 is 11.6 Å². The van der Waals surface area contributed by atoms with Crippen LogP contribution in [0.15, 0.2) is 24.3 Å². The molecule has 116 valence electrons. The molecule has 1 aromatic rings. The smallest absolute Gasteiger partial charge is 0.303 e. The van der Waals surface area contributed by atoms with Crippen molar-refractivity contribution in [3.8, 4) is 5.75 Å². The highest BCUT2D eigenvalue weighted by Gasteiger charge is 2.12. The number of carbonyl (C=O) groups is 2. The number of carboxylic acid groups (broad SMARTS) is 1. The van der Waals surface area contributed by atoms with Crippen LogP contribution in [0.3, 0.4) is 0 Å². The van der Waals surface area contributed by atoms with Gasteiger partial charge in [0.25, 0.3) is 0 Å². The lowest BCUT2D eigenvalue weighted by atomic mass is 10.0. The van der Waals surface area contributed by atoms with E-state index in [-0.39, 0.29) is 31.3 Å². The fourth-order valence-electron chi connectivity index (χ4n) is 1.77.